The molecular formula is C10H10ClFS. The predicted octanol–water partition coefficient (Wildman–Crippen LogP) is 3.53. The van der Waals surface area contributed by atoms with E-state index < -0.39 is 0 Å². The Labute approximate surface area is 86.5 Å². The minimum atomic E-state index is -0.302. The highest BCUT2D eigenvalue weighted by molar-refractivity contribution is 8.01. The number of rotatable bonds is 2. The molecule has 1 aliphatic rings. The molecule has 1 unspecified atom stereocenters. The lowest BCUT2D eigenvalue weighted by molar-refractivity contribution is 0.624. The van der Waals surface area contributed by atoms with E-state index in [1.807, 2.05) is 17.8 Å². The van der Waals surface area contributed by atoms with Gasteiger partial charge in [0.2, 0.25) is 0 Å². The number of hydrogen-bond acceptors (Lipinski definition) is 1. The summed E-state index contributed by atoms with van der Waals surface area (Å²) in [5.41, 5.74) is 1.05. The molecule has 1 saturated heterocycles. The van der Waals surface area contributed by atoms with Gasteiger partial charge in [-0.25, -0.2) is 4.39 Å². The highest BCUT2D eigenvalue weighted by Crippen LogP contribution is 2.31. The van der Waals surface area contributed by atoms with Crippen LogP contribution in [0.5, 0.6) is 0 Å². The number of benzene rings is 1. The van der Waals surface area contributed by atoms with Crippen molar-refractivity contribution in [3.63, 3.8) is 0 Å². The zero-order valence-electron chi connectivity index (χ0n) is 7.09. The van der Waals surface area contributed by atoms with Gasteiger partial charge in [0.1, 0.15) is 5.82 Å². The quantitative estimate of drug-likeness (QED) is 0.729. The van der Waals surface area contributed by atoms with E-state index in [0.29, 0.717) is 5.25 Å². The van der Waals surface area contributed by atoms with Gasteiger partial charge in [-0.1, -0.05) is 17.7 Å². The summed E-state index contributed by atoms with van der Waals surface area (Å²) in [4.78, 5) is 0. The summed E-state index contributed by atoms with van der Waals surface area (Å²) >= 11 is 7.54. The van der Waals surface area contributed by atoms with Crippen LogP contribution in [0.2, 0.25) is 5.02 Å². The van der Waals surface area contributed by atoms with Gasteiger partial charge in [-0.2, -0.15) is 11.8 Å². The van der Waals surface area contributed by atoms with E-state index in [1.54, 1.807) is 12.1 Å². The summed E-state index contributed by atoms with van der Waals surface area (Å²) in [6, 6.07) is 5.08. The van der Waals surface area contributed by atoms with Crippen LogP contribution in [0.25, 0.3) is 0 Å². The van der Waals surface area contributed by atoms with Crippen LogP contribution in [0.4, 0.5) is 4.39 Å². The third-order valence-corrected chi connectivity index (χ3v) is 3.89. The average Bonchev–Trinajstić information content (AvgIpc) is 2.04. The molecule has 0 saturated carbocycles. The lowest BCUT2D eigenvalue weighted by Gasteiger charge is -2.24. The normalized spacial score (nSPS) is 21.2. The fourth-order valence-electron chi connectivity index (χ4n) is 1.38. The summed E-state index contributed by atoms with van der Waals surface area (Å²) in [6.45, 7) is 0. The average molecular weight is 217 g/mol. The van der Waals surface area contributed by atoms with Gasteiger partial charge in [-0.3, -0.25) is 0 Å². The summed E-state index contributed by atoms with van der Waals surface area (Å²) in [5, 5.41) is 0.908. The summed E-state index contributed by atoms with van der Waals surface area (Å²) in [7, 11) is 0. The van der Waals surface area contributed by atoms with Gasteiger partial charge in [-0.05, 0) is 36.3 Å². The van der Waals surface area contributed by atoms with Gasteiger partial charge in [0.05, 0.1) is 5.02 Å². The van der Waals surface area contributed by atoms with E-state index in [-0.39, 0.29) is 10.8 Å². The van der Waals surface area contributed by atoms with E-state index in [9.17, 15) is 4.39 Å². The molecule has 0 aliphatic carbocycles. The standard InChI is InChI=1S/C10H10ClFS/c11-9-2-1-7(6-10(9)12)5-8-3-4-13-8/h1-2,6,8H,3-5H2. The van der Waals surface area contributed by atoms with Crippen LogP contribution >= 0.6 is 23.4 Å². The largest absolute Gasteiger partial charge is 0.205 e. The second kappa shape index (κ2) is 3.89. The van der Waals surface area contributed by atoms with E-state index in [0.717, 1.165) is 12.0 Å². The van der Waals surface area contributed by atoms with E-state index >= 15 is 0 Å². The van der Waals surface area contributed by atoms with Crippen LogP contribution < -0.4 is 0 Å². The molecule has 1 aliphatic heterocycles. The maximum Gasteiger partial charge on any atom is 0.142 e. The monoisotopic (exact) mass is 216 g/mol. The first-order chi connectivity index (χ1) is 6.25. The topological polar surface area (TPSA) is 0 Å². The molecule has 0 nitrogen and oxygen atoms in total. The number of halogens is 2. The van der Waals surface area contributed by atoms with E-state index in [2.05, 4.69) is 0 Å². The van der Waals surface area contributed by atoms with Crippen molar-refractivity contribution in [2.75, 3.05) is 5.75 Å². The molecule has 0 spiro atoms. The van der Waals surface area contributed by atoms with Crippen LogP contribution in [0, 0.1) is 5.82 Å². The van der Waals surface area contributed by atoms with Gasteiger partial charge in [0.15, 0.2) is 0 Å². The first-order valence-electron chi connectivity index (χ1n) is 4.31. The Morgan fingerprint density at radius 2 is 2.31 bits per heavy atom. The van der Waals surface area contributed by atoms with Crippen LogP contribution in [0.1, 0.15) is 12.0 Å². The van der Waals surface area contributed by atoms with Crippen molar-refractivity contribution in [2.24, 2.45) is 0 Å². The zero-order valence-corrected chi connectivity index (χ0v) is 8.67. The van der Waals surface area contributed by atoms with Crippen molar-refractivity contribution < 1.29 is 4.39 Å². The van der Waals surface area contributed by atoms with Gasteiger partial charge >= 0.3 is 0 Å². The van der Waals surface area contributed by atoms with E-state index in [4.69, 9.17) is 11.6 Å². The summed E-state index contributed by atoms with van der Waals surface area (Å²) in [5.74, 6) is 0.948. The van der Waals surface area contributed by atoms with Crippen molar-refractivity contribution in [3.05, 3.63) is 34.6 Å². The van der Waals surface area contributed by atoms with Crippen LogP contribution in [0.3, 0.4) is 0 Å². The highest BCUT2D eigenvalue weighted by atomic mass is 35.5. The van der Waals surface area contributed by atoms with Gasteiger partial charge in [0.25, 0.3) is 0 Å². The lowest BCUT2D eigenvalue weighted by Crippen LogP contribution is -2.18. The van der Waals surface area contributed by atoms with Crippen LogP contribution in [-0.2, 0) is 6.42 Å². The third-order valence-electron chi connectivity index (χ3n) is 2.24. The molecule has 3 heteroatoms. The Morgan fingerprint density at radius 1 is 1.54 bits per heavy atom. The molecule has 2 rings (SSSR count). The third kappa shape index (κ3) is 2.18. The number of hydrogen-bond donors (Lipinski definition) is 0. The smallest absolute Gasteiger partial charge is 0.142 e. The van der Waals surface area contributed by atoms with Gasteiger partial charge in [-0.15, -0.1) is 0 Å². The molecule has 0 bridgehead atoms. The first kappa shape index (κ1) is 9.35. The van der Waals surface area contributed by atoms with E-state index in [1.165, 1.54) is 12.2 Å². The fourth-order valence-corrected chi connectivity index (χ4v) is 2.37. The second-order valence-corrected chi connectivity index (χ2v) is 5.05. The number of thioether (sulfide) groups is 1. The van der Waals surface area contributed by atoms with Crippen molar-refractivity contribution >= 4 is 23.4 Å². The molecule has 0 amide bonds. The molecule has 0 N–H and O–H groups in total. The minimum Gasteiger partial charge on any atom is -0.205 e. The second-order valence-electron chi connectivity index (χ2n) is 3.23. The summed E-state index contributed by atoms with van der Waals surface area (Å²) < 4.78 is 13.0. The lowest BCUT2D eigenvalue weighted by atomic mass is 10.1. The van der Waals surface area contributed by atoms with Crippen molar-refractivity contribution in [2.45, 2.75) is 18.1 Å². The first-order valence-corrected chi connectivity index (χ1v) is 5.74. The summed E-state index contributed by atoms with van der Waals surface area (Å²) in [6.07, 6.45) is 2.23. The Morgan fingerprint density at radius 3 is 2.85 bits per heavy atom. The highest BCUT2D eigenvalue weighted by Gasteiger charge is 2.18. The van der Waals surface area contributed by atoms with Gasteiger partial charge in [0, 0.05) is 5.25 Å². The molecule has 1 aromatic rings. The molecular weight excluding hydrogens is 207 g/mol. The molecule has 1 heterocycles. The van der Waals surface area contributed by atoms with Crippen molar-refractivity contribution in [1.82, 2.24) is 0 Å². The fraction of sp³-hybridized carbons (Fsp3) is 0.400. The predicted molar refractivity (Wildman–Crippen MR) is 56.0 cm³/mol. The SMILES string of the molecule is Fc1cc(CC2CCS2)ccc1Cl. The molecule has 1 atom stereocenters. The minimum absolute atomic E-state index is 0.213. The molecule has 0 radical (unpaired) electrons. The maximum absolute atomic E-state index is 13.0. The Balaban J connectivity index is 2.07. The van der Waals surface area contributed by atoms with Gasteiger partial charge < -0.3 is 0 Å². The maximum atomic E-state index is 13.0. The molecule has 70 valence electrons. The van der Waals surface area contributed by atoms with Crippen molar-refractivity contribution in [1.29, 1.82) is 0 Å². The Bertz CT molecular complexity index is 310. The van der Waals surface area contributed by atoms with Crippen LogP contribution in [0.15, 0.2) is 18.2 Å². The molecule has 1 fully saturated rings. The Kier molecular flexibility index (Phi) is 2.80. The molecule has 0 aromatic heterocycles. The Hall–Kier alpha value is -0.210. The zero-order chi connectivity index (χ0) is 9.26. The molecule has 1 aromatic carbocycles. The van der Waals surface area contributed by atoms with Crippen LogP contribution in [-0.4, -0.2) is 11.0 Å². The molecule has 13 heavy (non-hydrogen) atoms. The van der Waals surface area contributed by atoms with Crippen molar-refractivity contribution in [3.8, 4) is 0 Å².